The van der Waals surface area contributed by atoms with Crippen LogP contribution in [0, 0.1) is 107 Å². The summed E-state index contributed by atoms with van der Waals surface area (Å²) in [6.07, 6.45) is 8.36. The fourth-order valence-electron chi connectivity index (χ4n) is 17.5. The smallest absolute Gasteiger partial charge is 0.276 e. The average Bonchev–Trinajstić information content (AvgIpc) is 0.726. The Morgan fingerprint density at radius 2 is 0.630 bits per heavy atom. The number of rotatable bonds is 15. The van der Waals surface area contributed by atoms with Crippen LogP contribution >= 0.6 is 69.6 Å². The maximum Gasteiger partial charge on any atom is 0.276 e. The minimum Gasteiger partial charge on any atom is -0.395 e. The number of amides is 3. The van der Waals surface area contributed by atoms with Gasteiger partial charge < -0.3 is 46.6 Å². The number of benzene rings is 3. The van der Waals surface area contributed by atoms with Crippen LogP contribution in [0.1, 0.15) is 131 Å². The Bertz CT molecular complexity index is 6790. The van der Waals surface area contributed by atoms with Crippen LogP contribution in [0.4, 0.5) is 73.6 Å². The van der Waals surface area contributed by atoms with E-state index < -0.39 is 135 Å². The number of fused-ring (bicyclic) bond motifs is 3. The molecule has 6 N–H and O–H groups in total. The molecule has 0 saturated carbocycles. The average molecular weight is 2010 g/mol. The van der Waals surface area contributed by atoms with Crippen molar-refractivity contribution in [2.75, 3.05) is 90.8 Å². The van der Waals surface area contributed by atoms with Gasteiger partial charge in [-0.15, -0.1) is 0 Å². The minimum absolute atomic E-state index is 0.124. The molecule has 9 aromatic heterocycles. The van der Waals surface area contributed by atoms with E-state index in [0.29, 0.717) is 50.8 Å². The molecule has 15 rings (SSSR count). The number of halogens is 15. The van der Waals surface area contributed by atoms with Crippen molar-refractivity contribution >= 4 is 155 Å². The van der Waals surface area contributed by atoms with Gasteiger partial charge >= 0.3 is 0 Å². The number of anilines is 6. The zero-order valence-electron chi connectivity index (χ0n) is 75.8. The first-order valence-corrected chi connectivity index (χ1v) is 44.9. The Hall–Kier alpha value is -13.8. The quantitative estimate of drug-likeness (QED) is 0.0282. The van der Waals surface area contributed by atoms with E-state index >= 15 is 26.3 Å². The molecule has 0 unspecified atom stereocenters. The lowest BCUT2D eigenvalue weighted by Gasteiger charge is -2.41. The molecule has 0 radical (unpaired) electrons. The molecule has 27 nitrogen and oxygen atoms in total. The second-order valence-electron chi connectivity index (χ2n) is 33.8. The molecule has 3 aromatic carbocycles. The fraction of sp³-hybridized carbons (Fsp3) is 0.281. The summed E-state index contributed by atoms with van der Waals surface area (Å²) in [6, 6.07) is 14.0. The summed E-state index contributed by atoms with van der Waals surface area (Å²) in [5, 5.41) is 28.0. The number of aromatic nitrogens is 9. The van der Waals surface area contributed by atoms with Crippen molar-refractivity contribution in [3.8, 4) is 69.0 Å². The third kappa shape index (κ3) is 17.6. The zero-order valence-corrected chi connectivity index (χ0v) is 80.3. The van der Waals surface area contributed by atoms with E-state index in [2.05, 4.69) is 49.6 Å². The van der Waals surface area contributed by atoms with Crippen LogP contribution in [0.25, 0.3) is 83.9 Å². The summed E-state index contributed by atoms with van der Waals surface area (Å²) in [5.41, 5.74) is 11.2. The summed E-state index contributed by atoms with van der Waals surface area (Å²) in [6.45, 7) is 34.6. The monoisotopic (exact) mass is 2010 g/mol. The number of hydrogen-bond acceptors (Lipinski definition) is 21. The molecule has 3 atom stereocenters. The normalized spacial score (nSPS) is 15.0. The number of piperazine rings is 3. The summed E-state index contributed by atoms with van der Waals surface area (Å²) in [4.78, 5) is 118. The molecule has 138 heavy (non-hydrogen) atoms. The summed E-state index contributed by atoms with van der Waals surface area (Å²) in [7, 11) is 0. The molecule has 0 bridgehead atoms. The second kappa shape index (κ2) is 40.1. The van der Waals surface area contributed by atoms with E-state index in [1.165, 1.54) is 50.1 Å². The Balaban J connectivity index is 0.000000175. The number of nitrogen functional groups attached to an aromatic ring is 3. The topological polar surface area (TPSA) is 363 Å². The van der Waals surface area contributed by atoms with E-state index in [9.17, 15) is 57.7 Å². The van der Waals surface area contributed by atoms with Crippen LogP contribution in [0.3, 0.4) is 0 Å². The van der Waals surface area contributed by atoms with E-state index in [-0.39, 0.29) is 194 Å². The number of nitrogens with zero attached hydrogens (tertiary/aromatic N) is 18. The molecule has 3 aliphatic heterocycles. The molecule has 714 valence electrons. The van der Waals surface area contributed by atoms with Crippen LogP contribution in [-0.2, 0) is 14.4 Å². The van der Waals surface area contributed by atoms with E-state index in [1.807, 2.05) is 80.5 Å². The van der Waals surface area contributed by atoms with Gasteiger partial charge in [-0.1, -0.05) is 131 Å². The molecule has 0 spiro atoms. The molecule has 3 amide bonds. The van der Waals surface area contributed by atoms with Gasteiger partial charge in [-0.25, -0.2) is 54.5 Å². The number of pyridine rings is 9. The standard InChI is InChI=1S/3C32H28Cl2F3N7O2/c3*1-6-20(45)43-10-9-42(13-16(43)5)30-17-11-19(33)28(21-23(35)25(37)22(34)26(39)24(21)36)41-31(17)44(32(46)18(30)12-38)29-15(4)7-8-40-27(29)14(2)3/h3*6-8,11,14,16H,1,9-10,13,39H2,2-5H3/t3*16-/m111/s1. The van der Waals surface area contributed by atoms with Crippen molar-refractivity contribution in [1.29, 1.82) is 15.8 Å². The van der Waals surface area contributed by atoms with Crippen LogP contribution in [-0.4, -0.2) is 153 Å². The Morgan fingerprint density at radius 1 is 0.399 bits per heavy atom. The summed E-state index contributed by atoms with van der Waals surface area (Å²) >= 11 is 37.1. The van der Waals surface area contributed by atoms with Crippen molar-refractivity contribution in [3.05, 3.63) is 257 Å². The number of aryl methyl sites for hydroxylation is 3. The Morgan fingerprint density at radius 3 is 0.833 bits per heavy atom. The van der Waals surface area contributed by atoms with Crippen molar-refractivity contribution in [1.82, 2.24) is 58.3 Å². The van der Waals surface area contributed by atoms with Gasteiger partial charge in [0.2, 0.25) is 17.7 Å². The van der Waals surface area contributed by atoms with Crippen LogP contribution in [0.15, 0.2) is 107 Å². The van der Waals surface area contributed by atoms with Crippen molar-refractivity contribution in [2.45, 2.75) is 119 Å². The number of hydrogen-bond donors (Lipinski definition) is 3. The van der Waals surface area contributed by atoms with Gasteiger partial charge in [0, 0.05) is 112 Å². The van der Waals surface area contributed by atoms with Gasteiger partial charge in [-0.05, 0) is 131 Å². The largest absolute Gasteiger partial charge is 0.395 e. The lowest BCUT2D eigenvalue weighted by molar-refractivity contribution is -0.129. The highest BCUT2D eigenvalue weighted by atomic mass is 35.5. The van der Waals surface area contributed by atoms with Crippen molar-refractivity contribution < 1.29 is 53.9 Å². The molecule has 0 aliphatic carbocycles. The zero-order chi connectivity index (χ0) is 101. The van der Waals surface area contributed by atoms with E-state index in [4.69, 9.17) is 86.8 Å². The minimum atomic E-state index is -1.68. The van der Waals surface area contributed by atoms with Gasteiger partial charge in [0.1, 0.15) is 66.9 Å². The predicted molar refractivity (Wildman–Crippen MR) is 516 cm³/mol. The van der Waals surface area contributed by atoms with Gasteiger partial charge in [-0.3, -0.25) is 57.4 Å². The van der Waals surface area contributed by atoms with Gasteiger partial charge in [-0.2, -0.15) is 15.8 Å². The first kappa shape index (κ1) is 102. The molecular weight excluding hydrogens is 1930 g/mol. The van der Waals surface area contributed by atoms with Crippen LogP contribution in [0.5, 0.6) is 0 Å². The highest BCUT2D eigenvalue weighted by Gasteiger charge is 2.40. The molecule has 3 fully saturated rings. The highest BCUT2D eigenvalue weighted by Crippen LogP contribution is 2.48. The van der Waals surface area contributed by atoms with Crippen molar-refractivity contribution in [3.63, 3.8) is 0 Å². The third-order valence-electron chi connectivity index (χ3n) is 24.1. The molecule has 3 aliphatic rings. The molecular formula is C96H84Cl6F9N21O6. The van der Waals surface area contributed by atoms with Crippen LogP contribution < -0.4 is 48.6 Å². The maximum absolute atomic E-state index is 15.5. The summed E-state index contributed by atoms with van der Waals surface area (Å²) < 4.78 is 140. The first-order chi connectivity index (χ1) is 65.2. The molecule has 12 heterocycles. The lowest BCUT2D eigenvalue weighted by atomic mass is 10.0. The van der Waals surface area contributed by atoms with Crippen molar-refractivity contribution in [2.24, 2.45) is 0 Å². The van der Waals surface area contributed by atoms with E-state index in [1.54, 1.807) is 87.0 Å². The number of carbonyl (C=O) groups excluding carboxylic acids is 3. The Labute approximate surface area is 813 Å². The van der Waals surface area contributed by atoms with Crippen LogP contribution in [0.2, 0.25) is 30.1 Å². The van der Waals surface area contributed by atoms with E-state index in [0.717, 1.165) is 0 Å². The number of nitriles is 3. The maximum atomic E-state index is 15.5. The summed E-state index contributed by atoms with van der Waals surface area (Å²) in [5.74, 6) is -15.4. The first-order valence-electron chi connectivity index (χ1n) is 42.6. The van der Waals surface area contributed by atoms with Gasteiger partial charge in [0.15, 0.2) is 52.4 Å². The number of nitrogens with two attached hydrogens (primary N) is 3. The van der Waals surface area contributed by atoms with Gasteiger partial charge in [0.05, 0.1) is 117 Å². The van der Waals surface area contributed by atoms with Gasteiger partial charge in [0.25, 0.3) is 16.7 Å². The molecule has 3 saturated heterocycles. The predicted octanol–water partition coefficient (Wildman–Crippen LogP) is 18.8. The molecule has 12 aromatic rings. The second-order valence-corrected chi connectivity index (χ2v) is 36.1. The third-order valence-corrected chi connectivity index (χ3v) is 26.1. The molecule has 42 heteroatoms. The SMILES string of the molecule is C=CC(=O)N1CCN(c2c(C#N)c(=O)n(-c3c(C)ccnc3C(C)C)c3nc(-c4c(F)c(N)c(Cl)c(F)c4F)c(Cl)cc23)C[C@H]1C.C=CC(=O)N1CCN(c2c(C#N)c(=O)n(-c3c(C)ccnc3C(C)C)c3nc(-c4c(F)c(N)c(Cl)c(F)c4F)c(Cl)cc23)C[C@H]1C.C=CC(=O)N1CCN(c2c(C#N)c(=O)n(-c3c(C)ccnc3C(C)C)c3nc(-c4c(F)c(N)c(Cl)c(F)c4F)c(Cl)cc23)C[C@H]1C. The highest BCUT2D eigenvalue weighted by molar-refractivity contribution is 6.37. The number of carbonyl (C=O) groups is 3. The Kier molecular flexibility index (Phi) is 29.5. The fourth-order valence-corrected chi connectivity index (χ4v) is 18.7. The lowest BCUT2D eigenvalue weighted by Crippen LogP contribution is -2.54.